The van der Waals surface area contributed by atoms with Crippen molar-refractivity contribution in [2.75, 3.05) is 0 Å². The first-order valence-corrected chi connectivity index (χ1v) is 16.9. The Bertz CT molecular complexity index is 2770. The molecule has 7 aromatic carbocycles. The van der Waals surface area contributed by atoms with Crippen LogP contribution in [0.4, 0.5) is 0 Å². The van der Waals surface area contributed by atoms with Gasteiger partial charge in [0.25, 0.3) is 0 Å². The van der Waals surface area contributed by atoms with Gasteiger partial charge < -0.3 is 4.57 Å². The lowest BCUT2D eigenvalue weighted by atomic mass is 9.91. The summed E-state index contributed by atoms with van der Waals surface area (Å²) in [6.07, 6.45) is 11.9. The molecular formula is C46H31N3. The van der Waals surface area contributed by atoms with Crippen LogP contribution < -0.4 is 0 Å². The van der Waals surface area contributed by atoms with Gasteiger partial charge in [-0.15, -0.1) is 0 Å². The second-order valence-electron chi connectivity index (χ2n) is 12.9. The normalized spacial score (nSPS) is 14.5. The number of allylic oxidation sites excluding steroid dienone is 4. The summed E-state index contributed by atoms with van der Waals surface area (Å²) in [7, 11) is 0. The first-order chi connectivity index (χ1) is 24.3. The smallest absolute Gasteiger partial charge is 0.0979 e. The second-order valence-corrected chi connectivity index (χ2v) is 12.9. The first-order valence-electron chi connectivity index (χ1n) is 16.9. The molecule has 1 aliphatic rings. The lowest BCUT2D eigenvalue weighted by molar-refractivity contribution is 0.855. The van der Waals surface area contributed by atoms with Crippen molar-refractivity contribution in [3.8, 4) is 28.1 Å². The van der Waals surface area contributed by atoms with Crippen LogP contribution in [-0.2, 0) is 0 Å². The molecule has 0 saturated carbocycles. The Labute approximate surface area is 284 Å². The molecule has 10 rings (SSSR count). The van der Waals surface area contributed by atoms with Crippen LogP contribution in [0.3, 0.4) is 0 Å². The molecule has 2 aromatic heterocycles. The average molecular weight is 626 g/mol. The predicted molar refractivity (Wildman–Crippen MR) is 205 cm³/mol. The van der Waals surface area contributed by atoms with E-state index in [0.29, 0.717) is 5.92 Å². The molecule has 230 valence electrons. The quantitative estimate of drug-likeness (QED) is 0.182. The van der Waals surface area contributed by atoms with E-state index in [1.807, 2.05) is 6.20 Å². The van der Waals surface area contributed by atoms with Crippen LogP contribution in [-0.4, -0.2) is 14.5 Å². The molecule has 3 nitrogen and oxygen atoms in total. The van der Waals surface area contributed by atoms with Crippen molar-refractivity contribution in [3.05, 3.63) is 176 Å². The Morgan fingerprint density at radius 3 is 1.98 bits per heavy atom. The monoisotopic (exact) mass is 625 g/mol. The molecule has 0 spiro atoms. The molecule has 0 aliphatic heterocycles. The zero-order valence-electron chi connectivity index (χ0n) is 26.8. The third-order valence-electron chi connectivity index (χ3n) is 10.2. The van der Waals surface area contributed by atoms with E-state index in [4.69, 9.17) is 9.97 Å². The topological polar surface area (TPSA) is 30.7 Å². The number of fused-ring (bicyclic) bond motifs is 9. The van der Waals surface area contributed by atoms with E-state index in [-0.39, 0.29) is 0 Å². The molecule has 0 bridgehead atoms. The summed E-state index contributed by atoms with van der Waals surface area (Å²) in [6.45, 7) is 0. The molecular weight excluding hydrogens is 595 g/mol. The van der Waals surface area contributed by atoms with Gasteiger partial charge in [0.2, 0.25) is 0 Å². The Morgan fingerprint density at radius 2 is 1.20 bits per heavy atom. The van der Waals surface area contributed by atoms with E-state index in [1.54, 1.807) is 0 Å². The van der Waals surface area contributed by atoms with Crippen molar-refractivity contribution in [1.29, 1.82) is 0 Å². The molecule has 9 aromatic rings. The summed E-state index contributed by atoms with van der Waals surface area (Å²) in [5.74, 6) is 0.371. The second kappa shape index (κ2) is 11.1. The van der Waals surface area contributed by atoms with E-state index in [1.165, 1.54) is 49.3 Å². The summed E-state index contributed by atoms with van der Waals surface area (Å²) in [6, 6.07) is 50.3. The van der Waals surface area contributed by atoms with E-state index < -0.39 is 0 Å². The zero-order chi connectivity index (χ0) is 32.3. The number of aromatic nitrogens is 3. The maximum Gasteiger partial charge on any atom is 0.0979 e. The van der Waals surface area contributed by atoms with Crippen LogP contribution in [0.15, 0.2) is 170 Å². The van der Waals surface area contributed by atoms with Crippen LogP contribution in [0.5, 0.6) is 0 Å². The number of hydrogen-bond acceptors (Lipinski definition) is 2. The highest BCUT2D eigenvalue weighted by molar-refractivity contribution is 6.23. The SMILES string of the molecule is C1=CCC(c2ccc3c(c2)c2cc(-c4ccccc4)ccc2n3-c2ccccc2-c2cnc3c4ccccc4c4ccccc4c3n2)C=C1. The number of rotatable bonds is 4. The third kappa shape index (κ3) is 4.43. The fraction of sp³-hybridized carbons (Fsp3) is 0.0435. The Morgan fingerprint density at radius 1 is 0.531 bits per heavy atom. The minimum Gasteiger partial charge on any atom is -0.309 e. The van der Waals surface area contributed by atoms with Gasteiger partial charge in [0.05, 0.1) is 39.6 Å². The molecule has 2 heterocycles. The van der Waals surface area contributed by atoms with Gasteiger partial charge in [0, 0.05) is 33.0 Å². The Balaban J connectivity index is 1.23. The molecule has 49 heavy (non-hydrogen) atoms. The van der Waals surface area contributed by atoms with Gasteiger partial charge >= 0.3 is 0 Å². The molecule has 1 atom stereocenters. The summed E-state index contributed by atoms with van der Waals surface area (Å²) in [4.78, 5) is 10.5. The Hall–Kier alpha value is -6.32. The highest BCUT2D eigenvalue weighted by atomic mass is 15.0. The van der Waals surface area contributed by atoms with E-state index in [2.05, 4.69) is 168 Å². The fourth-order valence-electron chi connectivity index (χ4n) is 7.81. The predicted octanol–water partition coefficient (Wildman–Crippen LogP) is 12.0. The van der Waals surface area contributed by atoms with Crippen LogP contribution in [0, 0.1) is 0 Å². The first kappa shape index (κ1) is 27.8. The fourth-order valence-corrected chi connectivity index (χ4v) is 7.81. The van der Waals surface area contributed by atoms with Crippen molar-refractivity contribution in [3.63, 3.8) is 0 Å². The molecule has 1 unspecified atom stereocenters. The maximum absolute atomic E-state index is 5.39. The molecule has 0 N–H and O–H groups in total. The number of hydrogen-bond donors (Lipinski definition) is 0. The van der Waals surface area contributed by atoms with E-state index in [9.17, 15) is 0 Å². The molecule has 0 amide bonds. The van der Waals surface area contributed by atoms with Crippen molar-refractivity contribution >= 4 is 54.4 Å². The highest BCUT2D eigenvalue weighted by Crippen LogP contribution is 2.40. The van der Waals surface area contributed by atoms with E-state index in [0.717, 1.165) is 45.2 Å². The van der Waals surface area contributed by atoms with Crippen molar-refractivity contribution in [1.82, 2.24) is 14.5 Å². The summed E-state index contributed by atoms with van der Waals surface area (Å²) < 4.78 is 2.42. The standard InChI is InChI=1S/C46H31N3/c1-3-13-30(14-4-1)32-23-25-43-39(27-32)40-28-33(31-15-5-2-6-16-31)24-26-44(40)49(43)42-22-12-11-21-38(42)41-29-47-45-36-19-9-7-17-34(36)35-18-8-10-20-37(35)46(45)48-41/h1-15,17-29,31H,16H2. The zero-order valence-corrected chi connectivity index (χ0v) is 26.8. The van der Waals surface area contributed by atoms with Gasteiger partial charge in [0.1, 0.15) is 0 Å². The van der Waals surface area contributed by atoms with Crippen molar-refractivity contribution in [2.24, 2.45) is 0 Å². The van der Waals surface area contributed by atoms with Crippen LogP contribution in [0.25, 0.3) is 82.5 Å². The highest BCUT2D eigenvalue weighted by Gasteiger charge is 2.20. The maximum atomic E-state index is 5.39. The lowest BCUT2D eigenvalue weighted by Gasteiger charge is -2.16. The number of benzene rings is 7. The minimum absolute atomic E-state index is 0.371. The van der Waals surface area contributed by atoms with Crippen LogP contribution >= 0.6 is 0 Å². The lowest BCUT2D eigenvalue weighted by Crippen LogP contribution is -2.00. The summed E-state index contributed by atoms with van der Waals surface area (Å²) in [5, 5.41) is 7.13. The summed E-state index contributed by atoms with van der Waals surface area (Å²) >= 11 is 0. The number of para-hydroxylation sites is 1. The van der Waals surface area contributed by atoms with Crippen LogP contribution in [0.2, 0.25) is 0 Å². The molecule has 3 heteroatoms. The van der Waals surface area contributed by atoms with E-state index >= 15 is 0 Å². The molecule has 1 aliphatic carbocycles. The van der Waals surface area contributed by atoms with Gasteiger partial charge in [-0.2, -0.15) is 0 Å². The number of nitrogens with zero attached hydrogens (tertiary/aromatic N) is 3. The molecule has 0 saturated heterocycles. The summed E-state index contributed by atoms with van der Waals surface area (Å²) in [5.41, 5.74) is 11.0. The van der Waals surface area contributed by atoms with Gasteiger partial charge in [-0.25, -0.2) is 4.98 Å². The van der Waals surface area contributed by atoms with Crippen molar-refractivity contribution in [2.45, 2.75) is 12.3 Å². The van der Waals surface area contributed by atoms with Crippen molar-refractivity contribution < 1.29 is 0 Å². The van der Waals surface area contributed by atoms with Gasteiger partial charge in [-0.05, 0) is 64.2 Å². The largest absolute Gasteiger partial charge is 0.309 e. The van der Waals surface area contributed by atoms with Gasteiger partial charge in [-0.3, -0.25) is 4.98 Å². The Kier molecular flexibility index (Phi) is 6.31. The average Bonchev–Trinajstić information content (AvgIpc) is 3.51. The van der Waals surface area contributed by atoms with Gasteiger partial charge in [0.15, 0.2) is 0 Å². The van der Waals surface area contributed by atoms with Crippen LogP contribution in [0.1, 0.15) is 17.9 Å². The minimum atomic E-state index is 0.371. The third-order valence-corrected chi connectivity index (χ3v) is 10.2. The molecule has 0 radical (unpaired) electrons. The molecule has 0 fully saturated rings. The van der Waals surface area contributed by atoms with Gasteiger partial charge in [-0.1, -0.05) is 133 Å².